The highest BCUT2D eigenvalue weighted by molar-refractivity contribution is 6.34. The number of fused-ring (bicyclic) bond motifs is 13. The second-order valence-corrected chi connectivity index (χ2v) is 25.6. The minimum absolute atomic E-state index is 0.0367. The summed E-state index contributed by atoms with van der Waals surface area (Å²) in [5.74, 6) is -9.51. The maximum Gasteiger partial charge on any atom is 0.325 e. The zero-order valence-corrected chi connectivity index (χ0v) is 53.9. The van der Waals surface area contributed by atoms with E-state index in [1.165, 1.54) is 26.3 Å². The van der Waals surface area contributed by atoms with Crippen molar-refractivity contribution in [3.8, 4) is 11.5 Å². The molecule has 5 heterocycles. The number of aromatic hydroxyl groups is 1. The van der Waals surface area contributed by atoms with Crippen molar-refractivity contribution in [2.24, 2.45) is 52.3 Å². The van der Waals surface area contributed by atoms with Crippen molar-refractivity contribution in [1.82, 2.24) is 36.4 Å². The third-order valence-electron chi connectivity index (χ3n) is 18.4. The number of nitrogens with zero attached hydrogens (tertiary/aromatic N) is 3. The topological polar surface area (TPSA) is 301 Å². The predicted octanol–water partition coefficient (Wildman–Crippen LogP) is 5.69. The summed E-state index contributed by atoms with van der Waals surface area (Å²) in [7, 11) is 1.37. The molecule has 5 aliphatic heterocycles. The first kappa shape index (κ1) is 69.2. The molecule has 0 saturated carbocycles. The molecular weight excluding hydrogens is 1150 g/mol. The number of ether oxygens (including phenoxy) is 3. The largest absolute Gasteiger partial charge is 0.507 e. The van der Waals surface area contributed by atoms with E-state index in [2.05, 4.69) is 51.9 Å². The molecule has 5 bridgehead atoms. The average Bonchev–Trinajstić information content (AvgIpc) is 1.50. The van der Waals surface area contributed by atoms with Gasteiger partial charge in [-0.15, -0.1) is 0 Å². The van der Waals surface area contributed by atoms with E-state index in [4.69, 9.17) is 19.2 Å². The number of likely N-dealkylation sites (tertiary alicyclic amines) is 1. The van der Waals surface area contributed by atoms with Gasteiger partial charge in [-0.25, -0.2) is 0 Å². The van der Waals surface area contributed by atoms with Crippen LogP contribution in [0.3, 0.4) is 0 Å². The number of esters is 1. The second-order valence-electron chi connectivity index (χ2n) is 25.6. The zero-order valence-electron chi connectivity index (χ0n) is 53.9. The van der Waals surface area contributed by atoms with Crippen LogP contribution in [0.15, 0.2) is 95.1 Å². The number of phenolic OH excluding ortho intramolecular Hbond substituents is 1. The van der Waals surface area contributed by atoms with Crippen LogP contribution in [0.25, 0.3) is 0 Å². The number of rotatable bonds is 19. The van der Waals surface area contributed by atoms with Crippen molar-refractivity contribution in [3.05, 3.63) is 118 Å². The van der Waals surface area contributed by atoms with E-state index >= 15 is 4.79 Å². The molecule has 486 valence electrons. The van der Waals surface area contributed by atoms with Crippen LogP contribution in [0.5, 0.6) is 11.5 Å². The van der Waals surface area contributed by atoms with E-state index in [1.54, 1.807) is 76.3 Å². The Labute approximate surface area is 527 Å². The lowest BCUT2D eigenvalue weighted by molar-refractivity contribution is -0.160. The Kier molecular flexibility index (Phi) is 22.8. The molecular formula is C68H90N8O14. The molecule has 90 heavy (non-hydrogen) atoms. The smallest absolute Gasteiger partial charge is 0.325 e. The summed E-state index contributed by atoms with van der Waals surface area (Å²) < 4.78 is 18.8. The summed E-state index contributed by atoms with van der Waals surface area (Å²) in [5, 5.41) is 38.7. The number of Topliss-reactive ketones (excluding diaryl/α,β-unsaturated/α-hetero) is 2. The Hall–Kier alpha value is -8.24. The van der Waals surface area contributed by atoms with E-state index in [1.807, 2.05) is 27.7 Å². The molecule has 7 N–H and O–H groups in total. The van der Waals surface area contributed by atoms with Gasteiger partial charge in [-0.2, -0.15) is 0 Å². The summed E-state index contributed by atoms with van der Waals surface area (Å²) in [4.78, 5) is 130. The van der Waals surface area contributed by atoms with Crippen molar-refractivity contribution in [1.29, 1.82) is 0 Å². The van der Waals surface area contributed by atoms with Crippen LogP contribution in [0.1, 0.15) is 132 Å². The fourth-order valence-corrected chi connectivity index (χ4v) is 12.2. The van der Waals surface area contributed by atoms with Crippen molar-refractivity contribution >= 4 is 59.4 Å². The maximum absolute atomic E-state index is 15.0. The van der Waals surface area contributed by atoms with Crippen LogP contribution >= 0.6 is 0 Å². The number of aliphatic hydroxyl groups excluding tert-OH is 1. The van der Waals surface area contributed by atoms with Gasteiger partial charge in [0.25, 0.3) is 11.7 Å². The number of nitrogens with one attached hydrogen (secondary N) is 5. The molecule has 6 aliphatic rings. The quantitative estimate of drug-likeness (QED) is 0.0505. The first-order valence-electron chi connectivity index (χ1n) is 31.1. The summed E-state index contributed by atoms with van der Waals surface area (Å²) in [5.41, 5.74) is 0.738. The summed E-state index contributed by atoms with van der Waals surface area (Å²) in [6.07, 6.45) is 8.74. The number of hydrogen-bond donors (Lipinski definition) is 7. The maximum atomic E-state index is 15.0. The molecule has 4 amide bonds. The van der Waals surface area contributed by atoms with E-state index in [-0.39, 0.29) is 100 Å². The summed E-state index contributed by atoms with van der Waals surface area (Å²) >= 11 is 0. The van der Waals surface area contributed by atoms with Crippen LogP contribution in [-0.2, 0) is 49.5 Å². The Morgan fingerprint density at radius 2 is 1.58 bits per heavy atom. The molecule has 2 aromatic carbocycles. The second kappa shape index (κ2) is 29.6. The van der Waals surface area contributed by atoms with Gasteiger partial charge in [0, 0.05) is 87.1 Å². The van der Waals surface area contributed by atoms with E-state index in [9.17, 15) is 48.6 Å². The number of aliphatic hydroxyl groups is 1. The first-order valence-corrected chi connectivity index (χ1v) is 31.1. The molecule has 0 aromatic heterocycles. The predicted molar refractivity (Wildman–Crippen MR) is 337 cm³/mol. The van der Waals surface area contributed by atoms with Crippen LogP contribution in [0.2, 0.25) is 0 Å². The molecule has 1 fully saturated rings. The molecule has 8 rings (SSSR count). The number of benzene rings is 2. The third kappa shape index (κ3) is 15.8. The highest BCUT2D eigenvalue weighted by Crippen LogP contribution is 2.50. The molecule has 22 nitrogen and oxygen atoms in total. The number of piperidine rings is 1. The monoisotopic (exact) mass is 1240 g/mol. The average molecular weight is 1240 g/mol. The number of aldehydes is 2. The zero-order chi connectivity index (χ0) is 66.1. The highest BCUT2D eigenvalue weighted by atomic mass is 16.7. The van der Waals surface area contributed by atoms with Crippen molar-refractivity contribution in [2.45, 2.75) is 138 Å². The Morgan fingerprint density at radius 3 is 2.23 bits per heavy atom. The van der Waals surface area contributed by atoms with Gasteiger partial charge in [0.1, 0.15) is 54.1 Å². The van der Waals surface area contributed by atoms with Gasteiger partial charge < -0.3 is 70.4 Å². The molecule has 0 unspecified atom stereocenters. The number of amides is 4. The number of aliphatic imine (C=N–C) groups is 1. The van der Waals surface area contributed by atoms with E-state index < -0.39 is 107 Å². The lowest BCUT2D eigenvalue weighted by Gasteiger charge is -2.38. The Morgan fingerprint density at radius 1 is 0.900 bits per heavy atom. The standard InChI is InChI=1S/C68H90N8O14/c1-37(2)33-76-27-25-68(26-28-76)73-56-53-54-60(83)46(11)63-55(53)64(85)67(12,90-63)88-29-24-38(3)42(7)43(8)44(9)59(82)45(10)62(39(4)18-17-19-40(5)65(86)72-58(61(54)84)57(56)74-68)89-52(81)34-75(13)51(80)32-70-66(87)49(30-47-20-15-14-16-21-47)71-50(79)31-69-41(6)22-23-48(35-77)36-78/h14-21,24,29,35-39,42-45,48-49,59,62,69,74,82-83H,6,22-23,25-28,30-34H2,1-5,7-13H3,(H,70,87)(H,71,79)(H,72,86)/b18-17+,29-24+,40-19-/t38-,39-,42+,43+,44-,45-,49+,59-,62-,67-/m0/s1. The molecule has 10 atom stereocenters. The molecule has 1 aliphatic carbocycles. The van der Waals surface area contributed by atoms with Crippen molar-refractivity contribution in [2.75, 3.05) is 46.3 Å². The number of carbonyl (C=O) groups excluding carboxylic acids is 9. The number of ketones is 2. The number of likely N-dealkylation sites (N-methyl/N-ethyl adjacent to an activating group) is 1. The van der Waals surface area contributed by atoms with Crippen LogP contribution < -0.4 is 31.3 Å². The van der Waals surface area contributed by atoms with Gasteiger partial charge in [0.05, 0.1) is 53.9 Å². The molecule has 22 heteroatoms. The number of phenols is 1. The summed E-state index contributed by atoms with van der Waals surface area (Å²) in [6.45, 7) is 25.1. The Bertz CT molecular complexity index is 3260. The summed E-state index contributed by atoms with van der Waals surface area (Å²) in [6, 6.07) is 7.80. The Balaban J connectivity index is 1.12. The van der Waals surface area contributed by atoms with Crippen molar-refractivity contribution < 1.29 is 67.6 Å². The molecule has 1 saturated heterocycles. The minimum atomic E-state index is -1.92. The van der Waals surface area contributed by atoms with Gasteiger partial charge in [0.15, 0.2) is 0 Å². The molecule has 1 spiro atoms. The number of allylic oxidation sites excluding steroid dienone is 6. The van der Waals surface area contributed by atoms with Crippen molar-refractivity contribution in [3.63, 3.8) is 0 Å². The van der Waals surface area contributed by atoms with Gasteiger partial charge in [0.2, 0.25) is 23.5 Å². The normalized spacial score (nSPS) is 26.7. The lowest BCUT2D eigenvalue weighted by atomic mass is 9.72. The number of carbonyl (C=O) groups is 9. The third-order valence-corrected chi connectivity index (χ3v) is 18.4. The fourth-order valence-electron chi connectivity index (χ4n) is 12.2. The lowest BCUT2D eigenvalue weighted by Crippen LogP contribution is -2.52. The van der Waals surface area contributed by atoms with Gasteiger partial charge in [-0.05, 0) is 67.9 Å². The molecule has 0 radical (unpaired) electrons. The van der Waals surface area contributed by atoms with Gasteiger partial charge >= 0.3 is 11.8 Å². The number of hydrogen-bond acceptors (Lipinski definition) is 18. The van der Waals surface area contributed by atoms with Gasteiger partial charge in [-0.3, -0.25) is 38.6 Å². The van der Waals surface area contributed by atoms with E-state index in [0.717, 1.165) is 17.0 Å². The van der Waals surface area contributed by atoms with Crippen LogP contribution in [0.4, 0.5) is 0 Å². The highest BCUT2D eigenvalue weighted by Gasteiger charge is 2.54. The van der Waals surface area contributed by atoms with Crippen LogP contribution in [-0.4, -0.2) is 155 Å². The van der Waals surface area contributed by atoms with Crippen LogP contribution in [0, 0.1) is 54.3 Å². The first-order chi connectivity index (χ1) is 42.5. The molecule has 2 aromatic rings. The SMILES string of the molecule is C=C(CCC(C=O)C=O)NCC(=O)N[C@H](Cc1ccccc1)C(=O)NCC(=O)N(C)CC(=O)O[C@@H]1[C@@H](C)[C@@H](O)[C@@H](C)[C@H](C)[C@H](C)[C@@H](C)/C=C/O[C@@]2(C)Oc3c(C)c(O)c4c(c3C2=O)C2=NC3(CCN(CC(C)C)CC3)NC2=C(NC(=O)/C(C)=C\C=C\[C@@H]1C)C4=O. The van der Waals surface area contributed by atoms with E-state index in [0.29, 0.717) is 50.1 Å². The van der Waals surface area contributed by atoms with Gasteiger partial charge in [-0.1, -0.05) is 111 Å². The minimum Gasteiger partial charge on any atom is -0.507 e. The fraction of sp³-hybridized carbons (Fsp3) is 0.529.